The summed E-state index contributed by atoms with van der Waals surface area (Å²) < 4.78 is 27.3. The van der Waals surface area contributed by atoms with E-state index >= 15 is 0 Å². The zero-order valence-electron chi connectivity index (χ0n) is 17.5. The van der Waals surface area contributed by atoms with Gasteiger partial charge in [0.15, 0.2) is 5.76 Å². The molecule has 0 saturated heterocycles. The summed E-state index contributed by atoms with van der Waals surface area (Å²) in [6, 6.07) is 7.35. The SMILES string of the molecule is COC1=CC(NC(=O)OC(C)(C)C)(c2ccc(OC)cc2)C=CC1(OC)OC. The van der Waals surface area contributed by atoms with Gasteiger partial charge >= 0.3 is 6.09 Å². The molecular formula is C21H29NO6. The summed E-state index contributed by atoms with van der Waals surface area (Å²) in [5.41, 5.74) is -0.883. The van der Waals surface area contributed by atoms with Crippen molar-refractivity contribution < 1.29 is 28.5 Å². The molecule has 1 atom stereocenters. The van der Waals surface area contributed by atoms with Gasteiger partial charge in [-0.3, -0.25) is 0 Å². The molecule has 1 amide bonds. The van der Waals surface area contributed by atoms with Crippen LogP contribution >= 0.6 is 0 Å². The summed E-state index contributed by atoms with van der Waals surface area (Å²) in [4.78, 5) is 12.6. The molecular weight excluding hydrogens is 362 g/mol. The highest BCUT2D eigenvalue weighted by Crippen LogP contribution is 2.38. The Morgan fingerprint density at radius 1 is 0.929 bits per heavy atom. The van der Waals surface area contributed by atoms with E-state index in [1.807, 2.05) is 24.3 Å². The molecule has 0 radical (unpaired) electrons. The van der Waals surface area contributed by atoms with Crippen molar-refractivity contribution in [3.8, 4) is 5.75 Å². The van der Waals surface area contributed by atoms with Gasteiger partial charge in [-0.05, 0) is 56.7 Å². The average molecular weight is 391 g/mol. The van der Waals surface area contributed by atoms with E-state index in [1.165, 1.54) is 21.3 Å². The molecule has 1 aliphatic carbocycles. The summed E-state index contributed by atoms with van der Waals surface area (Å²) in [5, 5.41) is 2.94. The lowest BCUT2D eigenvalue weighted by Gasteiger charge is -2.39. The van der Waals surface area contributed by atoms with Gasteiger partial charge in [-0.15, -0.1) is 0 Å². The molecule has 0 spiro atoms. The van der Waals surface area contributed by atoms with E-state index in [2.05, 4.69) is 5.32 Å². The Balaban J connectivity index is 2.53. The highest BCUT2D eigenvalue weighted by molar-refractivity contribution is 5.71. The van der Waals surface area contributed by atoms with Crippen LogP contribution in [-0.2, 0) is 24.5 Å². The number of rotatable bonds is 6. The molecule has 0 saturated carbocycles. The summed E-state index contributed by atoms with van der Waals surface area (Å²) >= 11 is 0. The zero-order valence-corrected chi connectivity index (χ0v) is 17.5. The Bertz CT molecular complexity index is 743. The topological polar surface area (TPSA) is 75.3 Å². The number of carbonyl (C=O) groups excluding carboxylic acids is 1. The van der Waals surface area contributed by atoms with E-state index < -0.39 is 23.0 Å². The molecule has 0 bridgehead atoms. The van der Waals surface area contributed by atoms with Crippen LogP contribution in [-0.4, -0.2) is 45.9 Å². The van der Waals surface area contributed by atoms with Gasteiger partial charge in [0.25, 0.3) is 0 Å². The van der Waals surface area contributed by atoms with Crippen LogP contribution in [0.25, 0.3) is 0 Å². The highest BCUT2D eigenvalue weighted by atomic mass is 16.7. The van der Waals surface area contributed by atoms with Crippen LogP contribution in [0, 0.1) is 0 Å². The van der Waals surface area contributed by atoms with Crippen LogP contribution in [0.1, 0.15) is 26.3 Å². The lowest BCUT2D eigenvalue weighted by Crippen LogP contribution is -2.49. The fourth-order valence-corrected chi connectivity index (χ4v) is 2.97. The fraction of sp³-hybridized carbons (Fsp3) is 0.476. The Morgan fingerprint density at radius 3 is 2.00 bits per heavy atom. The van der Waals surface area contributed by atoms with Crippen molar-refractivity contribution in [1.82, 2.24) is 5.32 Å². The second-order valence-corrected chi connectivity index (χ2v) is 7.35. The van der Waals surface area contributed by atoms with Gasteiger partial charge in [-0.2, -0.15) is 0 Å². The number of alkyl carbamates (subject to hydrolysis) is 1. The van der Waals surface area contributed by atoms with Gasteiger partial charge in [0.1, 0.15) is 16.9 Å². The van der Waals surface area contributed by atoms with Crippen LogP contribution in [0.3, 0.4) is 0 Å². The first-order valence-corrected chi connectivity index (χ1v) is 8.87. The largest absolute Gasteiger partial charge is 0.497 e. The smallest absolute Gasteiger partial charge is 0.408 e. The predicted molar refractivity (Wildman–Crippen MR) is 105 cm³/mol. The quantitative estimate of drug-likeness (QED) is 0.591. The van der Waals surface area contributed by atoms with E-state index in [0.29, 0.717) is 11.5 Å². The Hall–Kier alpha value is -2.51. The van der Waals surface area contributed by atoms with Crippen LogP contribution in [0.5, 0.6) is 5.75 Å². The number of hydrogen-bond donors (Lipinski definition) is 1. The van der Waals surface area contributed by atoms with Crippen molar-refractivity contribution in [1.29, 1.82) is 0 Å². The molecule has 2 rings (SSSR count). The maximum Gasteiger partial charge on any atom is 0.408 e. The Morgan fingerprint density at radius 2 is 1.54 bits per heavy atom. The molecule has 0 aliphatic heterocycles. The van der Waals surface area contributed by atoms with Gasteiger partial charge in [0.2, 0.25) is 5.79 Å². The first-order chi connectivity index (χ1) is 13.1. The second kappa shape index (κ2) is 8.24. The summed E-state index contributed by atoms with van der Waals surface area (Å²) in [7, 11) is 6.15. The molecule has 1 unspecified atom stereocenters. The number of hydrogen-bond acceptors (Lipinski definition) is 6. The van der Waals surface area contributed by atoms with E-state index in [0.717, 1.165) is 5.56 Å². The normalized spacial score (nSPS) is 20.9. The maximum absolute atomic E-state index is 12.6. The van der Waals surface area contributed by atoms with Crippen LogP contribution < -0.4 is 10.1 Å². The number of benzene rings is 1. The van der Waals surface area contributed by atoms with E-state index in [9.17, 15) is 4.79 Å². The van der Waals surface area contributed by atoms with Crippen LogP contribution in [0.2, 0.25) is 0 Å². The Kier molecular flexibility index (Phi) is 6.41. The summed E-state index contributed by atoms with van der Waals surface area (Å²) in [6.07, 6.45) is 4.66. The highest BCUT2D eigenvalue weighted by Gasteiger charge is 2.43. The van der Waals surface area contributed by atoms with Gasteiger partial charge in [-0.1, -0.05) is 12.1 Å². The predicted octanol–water partition coefficient (Wildman–Crippen LogP) is 3.50. The van der Waals surface area contributed by atoms with Crippen molar-refractivity contribution in [3.05, 3.63) is 53.8 Å². The van der Waals surface area contributed by atoms with Gasteiger partial charge < -0.3 is 29.0 Å². The lowest BCUT2D eigenvalue weighted by atomic mass is 9.83. The lowest BCUT2D eigenvalue weighted by molar-refractivity contribution is -0.167. The molecule has 0 heterocycles. The second-order valence-electron chi connectivity index (χ2n) is 7.35. The number of carbonyl (C=O) groups is 1. The molecule has 1 N–H and O–H groups in total. The molecule has 1 aliphatic rings. The number of ether oxygens (including phenoxy) is 5. The third-order valence-electron chi connectivity index (χ3n) is 4.37. The number of methoxy groups -OCH3 is 4. The molecule has 1 aromatic carbocycles. The minimum absolute atomic E-state index is 0.395. The van der Waals surface area contributed by atoms with E-state index in [1.54, 1.807) is 46.1 Å². The van der Waals surface area contributed by atoms with Crippen molar-refractivity contribution in [2.45, 2.75) is 37.7 Å². The van der Waals surface area contributed by atoms with Crippen molar-refractivity contribution in [3.63, 3.8) is 0 Å². The monoisotopic (exact) mass is 391 g/mol. The van der Waals surface area contributed by atoms with Crippen molar-refractivity contribution >= 4 is 6.09 Å². The minimum Gasteiger partial charge on any atom is -0.497 e. The van der Waals surface area contributed by atoms with Gasteiger partial charge in [0.05, 0.1) is 14.2 Å². The van der Waals surface area contributed by atoms with Crippen LogP contribution in [0.15, 0.2) is 48.3 Å². The fourth-order valence-electron chi connectivity index (χ4n) is 2.97. The van der Waals surface area contributed by atoms with E-state index in [-0.39, 0.29) is 0 Å². The summed E-state index contributed by atoms with van der Waals surface area (Å²) in [6.45, 7) is 5.42. The number of amides is 1. The zero-order chi connectivity index (χ0) is 21.0. The molecule has 7 heteroatoms. The van der Waals surface area contributed by atoms with E-state index in [4.69, 9.17) is 23.7 Å². The molecule has 0 aromatic heterocycles. The maximum atomic E-state index is 12.6. The molecule has 28 heavy (non-hydrogen) atoms. The van der Waals surface area contributed by atoms with Crippen LogP contribution in [0.4, 0.5) is 4.79 Å². The standard InChI is InChI=1S/C21H29NO6/c1-19(2,3)28-18(23)22-20(15-8-10-16(24-4)11-9-15)12-13-21(26-6,27-7)17(14-20)25-5/h8-14H,1-7H3,(H,22,23). The molecule has 0 fully saturated rings. The number of nitrogens with one attached hydrogen (secondary N) is 1. The molecule has 7 nitrogen and oxygen atoms in total. The average Bonchev–Trinajstić information content (AvgIpc) is 2.66. The first kappa shape index (κ1) is 21.8. The molecule has 154 valence electrons. The minimum atomic E-state index is -1.18. The van der Waals surface area contributed by atoms with Crippen molar-refractivity contribution in [2.75, 3.05) is 28.4 Å². The van der Waals surface area contributed by atoms with Crippen molar-refractivity contribution in [2.24, 2.45) is 0 Å². The third-order valence-corrected chi connectivity index (χ3v) is 4.37. The van der Waals surface area contributed by atoms with Gasteiger partial charge in [-0.25, -0.2) is 4.79 Å². The first-order valence-electron chi connectivity index (χ1n) is 8.87. The molecule has 1 aromatic rings. The Labute approximate surface area is 166 Å². The summed E-state index contributed by atoms with van der Waals surface area (Å²) in [5.74, 6) is -0.0812. The third kappa shape index (κ3) is 4.48. The van der Waals surface area contributed by atoms with Gasteiger partial charge in [0, 0.05) is 14.2 Å².